The SMILES string of the molecule is CC(C)C1=CC2CC3(C=O)C4CCC(C)C4CC2(CO[C@H]2C[C@@H]4OC(C)(C)O[C@@H]4[C@@H](C)O2)C13C(=O)O. The predicted molar refractivity (Wildman–Crippen MR) is 131 cm³/mol. The second kappa shape index (κ2) is 7.87. The summed E-state index contributed by atoms with van der Waals surface area (Å²) in [6.45, 7) is 12.5. The Morgan fingerprint density at radius 2 is 1.97 bits per heavy atom. The highest BCUT2D eigenvalue weighted by atomic mass is 16.8. The third-order valence-electron chi connectivity index (χ3n) is 11.1. The van der Waals surface area contributed by atoms with Crippen LogP contribution in [0.15, 0.2) is 11.6 Å². The summed E-state index contributed by atoms with van der Waals surface area (Å²) in [5.41, 5.74) is -1.79. The third kappa shape index (κ3) is 2.89. The Morgan fingerprint density at radius 1 is 1.22 bits per heavy atom. The normalized spacial score (nSPS) is 52.2. The Kier molecular flexibility index (Phi) is 5.47. The van der Waals surface area contributed by atoms with Crippen LogP contribution < -0.4 is 0 Å². The fourth-order valence-corrected chi connectivity index (χ4v) is 9.99. The molecule has 0 radical (unpaired) electrons. The van der Waals surface area contributed by atoms with E-state index in [0.29, 0.717) is 24.7 Å². The molecule has 7 heteroatoms. The van der Waals surface area contributed by atoms with Crippen molar-refractivity contribution in [3.8, 4) is 0 Å². The van der Waals surface area contributed by atoms with E-state index >= 15 is 0 Å². The van der Waals surface area contributed by atoms with E-state index < -0.39 is 34.3 Å². The Hall–Kier alpha value is -1.28. The molecule has 5 fully saturated rings. The van der Waals surface area contributed by atoms with Gasteiger partial charge in [-0.1, -0.05) is 38.8 Å². The zero-order chi connectivity index (χ0) is 25.8. The van der Waals surface area contributed by atoms with Gasteiger partial charge in [0.25, 0.3) is 0 Å². The topological polar surface area (TPSA) is 91.3 Å². The zero-order valence-electron chi connectivity index (χ0n) is 22.5. The molecule has 6 rings (SSSR count). The number of carboxylic acid groups (broad SMARTS) is 1. The highest BCUT2D eigenvalue weighted by molar-refractivity contribution is 5.90. The summed E-state index contributed by atoms with van der Waals surface area (Å²) < 4.78 is 25.0. The van der Waals surface area contributed by atoms with E-state index in [-0.39, 0.29) is 42.7 Å². The molecule has 0 aromatic carbocycles. The van der Waals surface area contributed by atoms with Crippen LogP contribution in [-0.2, 0) is 28.5 Å². The first kappa shape index (κ1) is 25.0. The zero-order valence-corrected chi connectivity index (χ0v) is 22.5. The van der Waals surface area contributed by atoms with E-state index in [2.05, 4.69) is 26.8 Å². The number of carbonyl (C=O) groups is 2. The highest BCUT2D eigenvalue weighted by Gasteiger charge is 2.84. The molecule has 4 aliphatic carbocycles. The summed E-state index contributed by atoms with van der Waals surface area (Å²) in [5.74, 6) is -0.471. The van der Waals surface area contributed by atoms with Crippen molar-refractivity contribution < 1.29 is 33.6 Å². The number of hydrogen-bond acceptors (Lipinski definition) is 6. The molecule has 0 spiro atoms. The minimum atomic E-state index is -1.22. The highest BCUT2D eigenvalue weighted by Crippen LogP contribution is 2.82. The van der Waals surface area contributed by atoms with E-state index in [1.165, 1.54) is 0 Å². The van der Waals surface area contributed by atoms with Crippen molar-refractivity contribution in [2.45, 2.75) is 104 Å². The van der Waals surface area contributed by atoms with Crippen LogP contribution in [0.5, 0.6) is 0 Å². The van der Waals surface area contributed by atoms with Crippen molar-refractivity contribution in [2.75, 3.05) is 6.61 Å². The van der Waals surface area contributed by atoms with Gasteiger partial charge in [-0.05, 0) is 69.6 Å². The van der Waals surface area contributed by atoms with Crippen LogP contribution >= 0.6 is 0 Å². The van der Waals surface area contributed by atoms with E-state index in [9.17, 15) is 14.7 Å². The molecule has 4 bridgehead atoms. The molecular formula is C29H42O7. The molecule has 2 aliphatic heterocycles. The number of carbonyl (C=O) groups excluding carboxylic acids is 1. The Labute approximate surface area is 214 Å². The van der Waals surface area contributed by atoms with Gasteiger partial charge in [-0.25, -0.2) is 0 Å². The third-order valence-corrected chi connectivity index (χ3v) is 11.1. The Morgan fingerprint density at radius 3 is 2.64 bits per heavy atom. The van der Waals surface area contributed by atoms with Gasteiger partial charge in [0.2, 0.25) is 0 Å². The van der Waals surface area contributed by atoms with Gasteiger partial charge >= 0.3 is 5.97 Å². The summed E-state index contributed by atoms with van der Waals surface area (Å²) in [4.78, 5) is 26.7. The van der Waals surface area contributed by atoms with E-state index in [0.717, 1.165) is 31.1 Å². The minimum Gasteiger partial charge on any atom is -0.481 e. The second-order valence-corrected chi connectivity index (χ2v) is 13.4. The minimum absolute atomic E-state index is 0.0211. The first-order valence-corrected chi connectivity index (χ1v) is 14.0. The summed E-state index contributed by atoms with van der Waals surface area (Å²) >= 11 is 0. The van der Waals surface area contributed by atoms with Gasteiger partial charge in [0, 0.05) is 11.8 Å². The molecule has 1 N–H and O–H groups in total. The van der Waals surface area contributed by atoms with Crippen molar-refractivity contribution >= 4 is 12.3 Å². The summed E-state index contributed by atoms with van der Waals surface area (Å²) in [5, 5.41) is 11.1. The molecule has 0 aromatic rings. The molecule has 7 unspecified atom stereocenters. The van der Waals surface area contributed by atoms with Gasteiger partial charge in [0.1, 0.15) is 17.8 Å². The number of ether oxygens (including phenoxy) is 4. The van der Waals surface area contributed by atoms with E-state index in [1.54, 1.807) is 0 Å². The van der Waals surface area contributed by atoms with E-state index in [1.807, 2.05) is 20.8 Å². The number of aliphatic carboxylic acids is 1. The first-order chi connectivity index (χ1) is 16.9. The lowest BCUT2D eigenvalue weighted by atomic mass is 9.43. The van der Waals surface area contributed by atoms with Gasteiger partial charge in [-0.3, -0.25) is 4.79 Å². The van der Waals surface area contributed by atoms with Crippen molar-refractivity contribution in [1.82, 2.24) is 0 Å². The maximum Gasteiger partial charge on any atom is 0.315 e. The van der Waals surface area contributed by atoms with Crippen LogP contribution in [0, 0.1) is 45.8 Å². The quantitative estimate of drug-likeness (QED) is 0.420. The van der Waals surface area contributed by atoms with Crippen molar-refractivity contribution in [1.29, 1.82) is 0 Å². The number of carboxylic acids is 1. The maximum absolute atomic E-state index is 13.6. The number of rotatable bonds is 6. The van der Waals surface area contributed by atoms with Gasteiger partial charge in [-0.15, -0.1) is 0 Å². The van der Waals surface area contributed by atoms with Crippen LogP contribution in [0.1, 0.15) is 73.6 Å². The number of hydrogen-bond donors (Lipinski definition) is 1. The number of fused-ring (bicyclic) bond motifs is 3. The van der Waals surface area contributed by atoms with Crippen LogP contribution in [0.25, 0.3) is 0 Å². The van der Waals surface area contributed by atoms with Gasteiger partial charge in [-0.2, -0.15) is 0 Å². The molecule has 7 nitrogen and oxygen atoms in total. The van der Waals surface area contributed by atoms with Crippen molar-refractivity contribution in [3.05, 3.63) is 11.6 Å². The average Bonchev–Trinajstić information content (AvgIpc) is 3.47. The lowest BCUT2D eigenvalue weighted by molar-refractivity contribution is -0.248. The fourth-order valence-electron chi connectivity index (χ4n) is 9.99. The first-order valence-electron chi connectivity index (χ1n) is 14.0. The predicted octanol–water partition coefficient (Wildman–Crippen LogP) is 4.58. The van der Waals surface area contributed by atoms with Crippen molar-refractivity contribution in [3.63, 3.8) is 0 Å². The van der Waals surface area contributed by atoms with Crippen molar-refractivity contribution in [2.24, 2.45) is 45.8 Å². The smallest absolute Gasteiger partial charge is 0.315 e. The summed E-state index contributed by atoms with van der Waals surface area (Å²) in [6.07, 6.45) is 6.29. The summed E-state index contributed by atoms with van der Waals surface area (Å²) in [7, 11) is 0. The van der Waals surface area contributed by atoms with Crippen LogP contribution in [-0.4, -0.2) is 54.4 Å². The maximum atomic E-state index is 13.6. The lowest BCUT2D eigenvalue weighted by Crippen LogP contribution is -2.63. The number of aldehydes is 1. The summed E-state index contributed by atoms with van der Waals surface area (Å²) in [6, 6.07) is 0. The number of allylic oxidation sites excluding steroid dienone is 1. The molecule has 6 aliphatic rings. The molecule has 2 heterocycles. The molecule has 2 saturated heterocycles. The molecule has 200 valence electrons. The fraction of sp³-hybridized carbons (Fsp3) is 0.862. The largest absolute Gasteiger partial charge is 0.481 e. The second-order valence-electron chi connectivity index (χ2n) is 13.4. The molecule has 3 saturated carbocycles. The van der Waals surface area contributed by atoms with Gasteiger partial charge in [0.05, 0.1) is 24.2 Å². The van der Waals surface area contributed by atoms with Gasteiger partial charge in [0.15, 0.2) is 12.1 Å². The standard InChI is InChI=1S/C29H42O7/c1-15(2)21-9-18-11-27(13-30)20-8-7-16(3)19(20)12-28(18,29(21,27)25(31)32)14-33-23-10-22-24(17(4)34-23)36-26(5,6)35-22/h9,13,15-20,22-24H,7-8,10-12,14H2,1-6H3,(H,31,32)/t16?,17-,18?,19?,20?,22+,23-,24-,27?,28?,29?/m1/s1. The Balaban J connectivity index is 1.37. The monoisotopic (exact) mass is 502 g/mol. The van der Waals surface area contributed by atoms with Crippen LogP contribution in [0.3, 0.4) is 0 Å². The molecule has 0 aromatic heterocycles. The molecule has 11 atom stereocenters. The average molecular weight is 503 g/mol. The Bertz CT molecular complexity index is 988. The van der Waals surface area contributed by atoms with Crippen LogP contribution in [0.4, 0.5) is 0 Å². The van der Waals surface area contributed by atoms with Gasteiger partial charge < -0.3 is 28.8 Å². The molecular weight excluding hydrogens is 460 g/mol. The lowest BCUT2D eigenvalue weighted by Gasteiger charge is -2.58. The van der Waals surface area contributed by atoms with Crippen LogP contribution in [0.2, 0.25) is 0 Å². The molecule has 36 heavy (non-hydrogen) atoms. The van der Waals surface area contributed by atoms with E-state index in [4.69, 9.17) is 18.9 Å². The molecule has 0 amide bonds.